The minimum atomic E-state index is -0.288. The van der Waals surface area contributed by atoms with Crippen molar-refractivity contribution in [2.45, 2.75) is 0 Å². The van der Waals surface area contributed by atoms with Crippen molar-refractivity contribution in [1.29, 1.82) is 0 Å². The fraction of sp³-hybridized carbons (Fsp3) is 0.263. The van der Waals surface area contributed by atoms with Gasteiger partial charge in [0.05, 0.1) is 22.9 Å². The fourth-order valence-corrected chi connectivity index (χ4v) is 2.77. The Morgan fingerprint density at radius 3 is 2.60 bits per heavy atom. The number of rotatable bonds is 5. The third-order valence-corrected chi connectivity index (χ3v) is 4.08. The molecule has 0 radical (unpaired) electrons. The van der Waals surface area contributed by atoms with E-state index in [1.807, 2.05) is 42.7 Å². The van der Waals surface area contributed by atoms with Crippen LogP contribution < -0.4 is 5.32 Å². The van der Waals surface area contributed by atoms with Crippen LogP contribution in [0.1, 0.15) is 10.4 Å². The minimum absolute atomic E-state index is 0.139. The Morgan fingerprint density at radius 1 is 1.20 bits per heavy atom. The quantitative estimate of drug-likeness (QED) is 0.777. The van der Waals surface area contributed by atoms with E-state index in [1.54, 1.807) is 18.5 Å². The molecular weight excluding hydrogens is 319 g/mol. The number of likely N-dealkylation sites (N-methyl/N-ethyl adjacent to an activating group) is 1. The van der Waals surface area contributed by atoms with Gasteiger partial charge in [0, 0.05) is 20.1 Å². The molecule has 25 heavy (non-hydrogen) atoms. The zero-order valence-corrected chi connectivity index (χ0v) is 14.6. The molecule has 0 spiro atoms. The topological polar surface area (TPSA) is 50.2 Å². The number of nitrogens with one attached hydrogen (secondary N) is 1. The van der Waals surface area contributed by atoms with Crippen molar-refractivity contribution in [2.75, 3.05) is 27.2 Å². The summed E-state index contributed by atoms with van der Waals surface area (Å²) in [6.45, 7) is 1.32. The number of hydrogen-bond acceptors (Lipinski definition) is 3. The average Bonchev–Trinajstić information content (AvgIpc) is 2.95. The number of aryl methyl sites for hydroxylation is 1. The van der Waals surface area contributed by atoms with Crippen molar-refractivity contribution in [1.82, 2.24) is 19.8 Å². The minimum Gasteiger partial charge on any atom is -0.351 e. The molecule has 3 aromatic rings. The van der Waals surface area contributed by atoms with Crippen molar-refractivity contribution in [3.05, 3.63) is 54.1 Å². The summed E-state index contributed by atoms with van der Waals surface area (Å²) in [5, 5.41) is 2.95. The predicted octanol–water partition coefficient (Wildman–Crippen LogP) is 2.67. The third-order valence-electron chi connectivity index (χ3n) is 4.08. The van der Waals surface area contributed by atoms with Crippen LogP contribution in [0.5, 0.6) is 0 Å². The van der Waals surface area contributed by atoms with Gasteiger partial charge in [-0.25, -0.2) is 9.37 Å². The van der Waals surface area contributed by atoms with Gasteiger partial charge in [-0.2, -0.15) is 0 Å². The summed E-state index contributed by atoms with van der Waals surface area (Å²) in [6, 6.07) is 9.98. The lowest BCUT2D eigenvalue weighted by Gasteiger charge is -2.12. The van der Waals surface area contributed by atoms with Gasteiger partial charge in [0.1, 0.15) is 5.82 Å². The molecule has 1 heterocycles. The van der Waals surface area contributed by atoms with Crippen LogP contribution >= 0.6 is 0 Å². The normalized spacial score (nSPS) is 11.2. The van der Waals surface area contributed by atoms with Crippen molar-refractivity contribution >= 4 is 16.9 Å². The number of carbonyl (C=O) groups is 1. The highest BCUT2D eigenvalue weighted by Gasteiger charge is 2.16. The number of nitrogens with zero attached hydrogens (tertiary/aromatic N) is 3. The number of amides is 1. The second-order valence-electron chi connectivity index (χ2n) is 6.31. The average molecular weight is 340 g/mol. The zero-order valence-electron chi connectivity index (χ0n) is 14.6. The first-order valence-corrected chi connectivity index (χ1v) is 8.09. The molecule has 1 amide bonds. The summed E-state index contributed by atoms with van der Waals surface area (Å²) >= 11 is 0. The van der Waals surface area contributed by atoms with Crippen LogP contribution in [0.3, 0.4) is 0 Å². The van der Waals surface area contributed by atoms with Crippen LogP contribution in [-0.4, -0.2) is 47.5 Å². The summed E-state index contributed by atoms with van der Waals surface area (Å²) in [6.07, 6.45) is 1.69. The molecule has 5 nitrogen and oxygen atoms in total. The Kier molecular flexibility index (Phi) is 4.81. The van der Waals surface area contributed by atoms with Crippen molar-refractivity contribution < 1.29 is 9.18 Å². The predicted molar refractivity (Wildman–Crippen MR) is 97.0 cm³/mol. The van der Waals surface area contributed by atoms with E-state index >= 15 is 0 Å². The molecule has 0 aliphatic rings. The first-order chi connectivity index (χ1) is 12.0. The number of halogens is 1. The maximum absolute atomic E-state index is 13.2. The first-order valence-electron chi connectivity index (χ1n) is 8.09. The maximum Gasteiger partial charge on any atom is 0.253 e. The Balaban J connectivity index is 2.01. The fourth-order valence-electron chi connectivity index (χ4n) is 2.77. The molecule has 0 saturated carbocycles. The van der Waals surface area contributed by atoms with Crippen molar-refractivity contribution in [3.8, 4) is 11.1 Å². The van der Waals surface area contributed by atoms with E-state index in [0.717, 1.165) is 28.7 Å². The summed E-state index contributed by atoms with van der Waals surface area (Å²) in [5.41, 5.74) is 3.77. The van der Waals surface area contributed by atoms with Gasteiger partial charge in [-0.15, -0.1) is 0 Å². The van der Waals surface area contributed by atoms with Crippen molar-refractivity contribution in [2.24, 2.45) is 7.05 Å². The van der Waals surface area contributed by atoms with Gasteiger partial charge in [0.25, 0.3) is 5.91 Å². The van der Waals surface area contributed by atoms with Gasteiger partial charge in [0.15, 0.2) is 0 Å². The Bertz CT molecular complexity index is 900. The number of imidazole rings is 1. The molecule has 0 atom stereocenters. The van der Waals surface area contributed by atoms with E-state index in [1.165, 1.54) is 12.1 Å². The van der Waals surface area contributed by atoms with E-state index in [2.05, 4.69) is 10.3 Å². The van der Waals surface area contributed by atoms with Crippen LogP contribution in [0, 0.1) is 5.82 Å². The van der Waals surface area contributed by atoms with E-state index < -0.39 is 0 Å². The molecule has 3 rings (SSSR count). The standard InChI is InChI=1S/C19H21FN4O/c1-23(2)9-8-21-19(25)16-10-14(13-4-6-15(20)7-5-13)11-17-18(16)24(3)12-22-17/h4-7,10-12H,8-9H2,1-3H3,(H,21,25). The number of aromatic nitrogens is 2. The molecule has 130 valence electrons. The largest absolute Gasteiger partial charge is 0.351 e. The monoisotopic (exact) mass is 340 g/mol. The molecule has 1 N–H and O–H groups in total. The second kappa shape index (κ2) is 7.03. The molecule has 6 heteroatoms. The molecule has 0 aliphatic carbocycles. The highest BCUT2D eigenvalue weighted by molar-refractivity contribution is 6.06. The lowest BCUT2D eigenvalue weighted by atomic mass is 10.0. The van der Waals surface area contributed by atoms with E-state index in [-0.39, 0.29) is 11.7 Å². The Labute approximate surface area is 146 Å². The van der Waals surface area contributed by atoms with Gasteiger partial charge >= 0.3 is 0 Å². The van der Waals surface area contributed by atoms with Crippen LogP contribution in [-0.2, 0) is 7.05 Å². The lowest BCUT2D eigenvalue weighted by Crippen LogP contribution is -2.31. The molecule has 2 aromatic carbocycles. The molecule has 0 fully saturated rings. The van der Waals surface area contributed by atoms with Gasteiger partial charge < -0.3 is 14.8 Å². The molecule has 0 saturated heterocycles. The number of benzene rings is 2. The van der Waals surface area contributed by atoms with Gasteiger partial charge in [0.2, 0.25) is 0 Å². The van der Waals surface area contributed by atoms with Crippen LogP contribution in [0.25, 0.3) is 22.2 Å². The highest BCUT2D eigenvalue weighted by Crippen LogP contribution is 2.27. The number of fused-ring (bicyclic) bond motifs is 1. The second-order valence-corrected chi connectivity index (χ2v) is 6.31. The lowest BCUT2D eigenvalue weighted by molar-refractivity contribution is 0.0952. The van der Waals surface area contributed by atoms with E-state index in [4.69, 9.17) is 0 Å². The van der Waals surface area contributed by atoms with E-state index in [9.17, 15) is 9.18 Å². The summed E-state index contributed by atoms with van der Waals surface area (Å²) in [5.74, 6) is -0.427. The SMILES string of the molecule is CN(C)CCNC(=O)c1cc(-c2ccc(F)cc2)cc2ncn(C)c12. The van der Waals surface area contributed by atoms with Crippen LogP contribution in [0.15, 0.2) is 42.7 Å². The van der Waals surface area contributed by atoms with Gasteiger partial charge in [-0.1, -0.05) is 12.1 Å². The van der Waals surface area contributed by atoms with Gasteiger partial charge in [-0.3, -0.25) is 4.79 Å². The van der Waals surface area contributed by atoms with E-state index in [0.29, 0.717) is 12.1 Å². The van der Waals surface area contributed by atoms with Crippen molar-refractivity contribution in [3.63, 3.8) is 0 Å². The summed E-state index contributed by atoms with van der Waals surface area (Å²) in [7, 11) is 5.78. The number of carbonyl (C=O) groups excluding carboxylic acids is 1. The van der Waals surface area contributed by atoms with Crippen LogP contribution in [0.4, 0.5) is 4.39 Å². The Morgan fingerprint density at radius 2 is 1.92 bits per heavy atom. The molecule has 0 aliphatic heterocycles. The summed E-state index contributed by atoms with van der Waals surface area (Å²) in [4.78, 5) is 19.1. The third kappa shape index (κ3) is 3.69. The number of hydrogen-bond donors (Lipinski definition) is 1. The smallest absolute Gasteiger partial charge is 0.253 e. The summed E-state index contributed by atoms with van der Waals surface area (Å²) < 4.78 is 15.0. The van der Waals surface area contributed by atoms with Crippen LogP contribution in [0.2, 0.25) is 0 Å². The highest BCUT2D eigenvalue weighted by atomic mass is 19.1. The first kappa shape index (κ1) is 17.1. The molecule has 1 aromatic heterocycles. The van der Waals surface area contributed by atoms with Gasteiger partial charge in [-0.05, 0) is 49.5 Å². The zero-order chi connectivity index (χ0) is 18.0. The Hall–Kier alpha value is -2.73. The molecular formula is C19H21FN4O. The maximum atomic E-state index is 13.2. The molecule has 0 unspecified atom stereocenters. The molecule has 0 bridgehead atoms.